The summed E-state index contributed by atoms with van der Waals surface area (Å²) in [5.74, 6) is -0.0884. The standard InChI is InChI=1S/C21H20Cl2N2O8S2/c22-14-3-5-18-16(11-14)24(7-1-9-34(26,27)28)20(32-18)13-21-25(8-2-10-35(29,30)31)17-12-15(23)4-6-19(17)33-21/h3-6,11-13H,1-2,7-10H2,(H-,26,27,28,29,30,31)/p-1. The van der Waals surface area contributed by atoms with Crippen LogP contribution in [-0.2, 0) is 26.8 Å². The number of benzene rings is 2. The predicted molar refractivity (Wildman–Crippen MR) is 127 cm³/mol. The second-order valence-corrected chi connectivity index (χ2v) is 11.7. The Morgan fingerprint density at radius 3 is 2.31 bits per heavy atom. The maximum Gasteiger partial charge on any atom is 0.379 e. The van der Waals surface area contributed by atoms with Crippen molar-refractivity contribution in [2.75, 3.05) is 23.0 Å². The van der Waals surface area contributed by atoms with Gasteiger partial charge >= 0.3 is 5.89 Å². The summed E-state index contributed by atoms with van der Waals surface area (Å²) in [6.07, 6.45) is 1.63. The van der Waals surface area contributed by atoms with E-state index in [1.54, 1.807) is 51.9 Å². The summed E-state index contributed by atoms with van der Waals surface area (Å²) in [6.45, 7) is 0.280. The van der Waals surface area contributed by atoms with Gasteiger partial charge in [0.25, 0.3) is 5.52 Å². The fourth-order valence-electron chi connectivity index (χ4n) is 3.73. The highest BCUT2D eigenvalue weighted by Crippen LogP contribution is 2.41. The molecular weight excluding hydrogens is 543 g/mol. The molecule has 14 heteroatoms. The fourth-order valence-corrected chi connectivity index (χ4v) is 5.03. The van der Waals surface area contributed by atoms with Crippen molar-refractivity contribution >= 4 is 66.3 Å². The quantitative estimate of drug-likeness (QED) is 0.284. The minimum absolute atomic E-state index is 0.0373. The van der Waals surface area contributed by atoms with Crippen LogP contribution >= 0.6 is 23.2 Å². The summed E-state index contributed by atoms with van der Waals surface area (Å²) in [7, 11) is -8.80. The SMILES string of the molecule is O=S(=O)([O-])CCCN1C(=Cc2oc3ccc(Cl)cc3[n+]2CCCS(=O)(=O)[O-])Oc2ccc(Cl)cc21. The number of aryl methyl sites for hydroxylation is 1. The monoisotopic (exact) mass is 561 g/mol. The molecule has 4 rings (SSSR count). The Balaban J connectivity index is 1.73. The number of oxazole rings is 1. The van der Waals surface area contributed by atoms with Crippen LogP contribution in [0.1, 0.15) is 18.7 Å². The van der Waals surface area contributed by atoms with Crippen molar-refractivity contribution in [2.45, 2.75) is 19.4 Å². The third-order valence-corrected chi connectivity index (χ3v) is 7.23. The molecule has 0 N–H and O–H groups in total. The maximum absolute atomic E-state index is 11.1. The third-order valence-electron chi connectivity index (χ3n) is 5.18. The summed E-state index contributed by atoms with van der Waals surface area (Å²) >= 11 is 12.3. The molecule has 0 amide bonds. The molecule has 1 aliphatic heterocycles. The van der Waals surface area contributed by atoms with E-state index in [1.165, 1.54) is 0 Å². The molecule has 0 radical (unpaired) electrons. The van der Waals surface area contributed by atoms with E-state index in [9.17, 15) is 25.9 Å². The number of fused-ring (bicyclic) bond motifs is 2. The zero-order valence-corrected chi connectivity index (χ0v) is 21.2. The number of nitrogens with zero attached hydrogens (tertiary/aromatic N) is 2. The molecule has 188 valence electrons. The van der Waals surface area contributed by atoms with Crippen molar-refractivity contribution in [1.82, 2.24) is 0 Å². The third kappa shape index (κ3) is 6.46. The fraction of sp³-hybridized carbons (Fsp3) is 0.286. The minimum atomic E-state index is -4.40. The van der Waals surface area contributed by atoms with E-state index in [1.807, 2.05) is 0 Å². The average Bonchev–Trinajstić information content (AvgIpc) is 3.24. The first kappa shape index (κ1) is 25.7. The Labute approximate surface area is 211 Å². The van der Waals surface area contributed by atoms with Gasteiger partial charge in [0.05, 0.1) is 25.9 Å². The van der Waals surface area contributed by atoms with Gasteiger partial charge < -0.3 is 23.2 Å². The smallest absolute Gasteiger partial charge is 0.379 e. The van der Waals surface area contributed by atoms with Gasteiger partial charge in [0, 0.05) is 40.6 Å². The van der Waals surface area contributed by atoms with Gasteiger partial charge in [-0.25, -0.2) is 16.8 Å². The molecule has 10 nitrogen and oxygen atoms in total. The number of halogens is 2. The van der Waals surface area contributed by atoms with Crippen LogP contribution in [0.15, 0.2) is 46.7 Å². The van der Waals surface area contributed by atoms with Crippen LogP contribution in [0, 0.1) is 0 Å². The molecule has 3 aromatic rings. The molecule has 2 aromatic carbocycles. The summed E-state index contributed by atoms with van der Waals surface area (Å²) in [4.78, 5) is 1.67. The summed E-state index contributed by atoms with van der Waals surface area (Å²) in [6, 6.07) is 9.87. The molecule has 0 fully saturated rings. The highest BCUT2D eigenvalue weighted by Gasteiger charge is 2.30. The summed E-state index contributed by atoms with van der Waals surface area (Å²) < 4.78 is 80.1. The topological polar surface area (TPSA) is 144 Å². The van der Waals surface area contributed by atoms with Crippen molar-refractivity contribution in [2.24, 2.45) is 0 Å². The van der Waals surface area contributed by atoms with Crippen LogP contribution in [0.5, 0.6) is 5.75 Å². The van der Waals surface area contributed by atoms with Gasteiger partial charge in [-0.3, -0.25) is 0 Å². The van der Waals surface area contributed by atoms with Crippen molar-refractivity contribution in [3.05, 3.63) is 58.2 Å². The van der Waals surface area contributed by atoms with Crippen LogP contribution in [0.25, 0.3) is 17.2 Å². The number of hydrogen-bond acceptors (Lipinski definition) is 9. The summed E-state index contributed by atoms with van der Waals surface area (Å²) in [5.41, 5.74) is 1.62. The first-order chi connectivity index (χ1) is 16.4. The highest BCUT2D eigenvalue weighted by molar-refractivity contribution is 7.85. The lowest BCUT2D eigenvalue weighted by atomic mass is 10.2. The van der Waals surface area contributed by atoms with Gasteiger partial charge in [0.15, 0.2) is 12.3 Å². The van der Waals surface area contributed by atoms with E-state index in [0.29, 0.717) is 32.6 Å². The number of ether oxygens (including phenoxy) is 1. The lowest BCUT2D eigenvalue weighted by molar-refractivity contribution is -0.677. The maximum atomic E-state index is 11.1. The van der Waals surface area contributed by atoms with Crippen molar-refractivity contribution in [3.8, 4) is 5.75 Å². The van der Waals surface area contributed by atoms with Gasteiger partial charge in [-0.15, -0.1) is 0 Å². The van der Waals surface area contributed by atoms with Gasteiger partial charge in [-0.2, -0.15) is 4.57 Å². The number of hydrogen-bond donors (Lipinski definition) is 0. The Morgan fingerprint density at radius 2 is 1.60 bits per heavy atom. The van der Waals surface area contributed by atoms with Gasteiger partial charge in [0.1, 0.15) is 6.08 Å². The number of anilines is 1. The Kier molecular flexibility index (Phi) is 7.32. The second kappa shape index (κ2) is 9.96. The minimum Gasteiger partial charge on any atom is -0.748 e. The lowest BCUT2D eigenvalue weighted by Gasteiger charge is -2.18. The van der Waals surface area contributed by atoms with Gasteiger partial charge in [0.2, 0.25) is 11.5 Å². The van der Waals surface area contributed by atoms with E-state index in [4.69, 9.17) is 32.4 Å². The van der Waals surface area contributed by atoms with Crippen molar-refractivity contribution < 1.29 is 39.7 Å². The predicted octanol–water partition coefficient (Wildman–Crippen LogP) is 3.10. The van der Waals surface area contributed by atoms with Crippen LogP contribution in [-0.4, -0.2) is 44.0 Å². The van der Waals surface area contributed by atoms with Crippen molar-refractivity contribution in [1.29, 1.82) is 0 Å². The molecule has 0 saturated heterocycles. The molecule has 0 unspecified atom stereocenters. The Morgan fingerprint density at radius 1 is 0.943 bits per heavy atom. The highest BCUT2D eigenvalue weighted by atomic mass is 35.5. The van der Waals surface area contributed by atoms with E-state index < -0.39 is 31.7 Å². The molecule has 1 aliphatic rings. The zero-order chi connectivity index (χ0) is 25.4. The van der Waals surface area contributed by atoms with E-state index >= 15 is 0 Å². The van der Waals surface area contributed by atoms with Gasteiger partial charge in [-0.05, 0) is 36.8 Å². The molecule has 0 atom stereocenters. The largest absolute Gasteiger partial charge is 0.748 e. The van der Waals surface area contributed by atoms with Crippen LogP contribution in [0.4, 0.5) is 5.69 Å². The first-order valence-corrected chi connectivity index (χ1v) is 14.3. The zero-order valence-electron chi connectivity index (χ0n) is 18.0. The summed E-state index contributed by atoms with van der Waals surface area (Å²) in [5, 5.41) is 0.865. The van der Waals surface area contributed by atoms with Crippen molar-refractivity contribution in [3.63, 3.8) is 0 Å². The molecule has 35 heavy (non-hydrogen) atoms. The normalized spacial score (nSPS) is 15.1. The second-order valence-electron chi connectivity index (χ2n) is 7.78. The Hall–Kier alpha value is -2.35. The molecule has 0 aliphatic carbocycles. The number of aromatic nitrogens is 1. The lowest BCUT2D eigenvalue weighted by Crippen LogP contribution is -2.36. The molecule has 0 bridgehead atoms. The van der Waals surface area contributed by atoms with E-state index in [2.05, 4.69) is 0 Å². The first-order valence-electron chi connectivity index (χ1n) is 10.4. The molecule has 1 aromatic heterocycles. The molecule has 2 heterocycles. The van der Waals surface area contributed by atoms with Crippen LogP contribution < -0.4 is 14.2 Å². The molecular formula is C21H19Cl2N2O8S2-. The molecule has 0 spiro atoms. The number of rotatable bonds is 9. The van der Waals surface area contributed by atoms with E-state index in [-0.39, 0.29) is 37.7 Å². The Bertz CT molecular complexity index is 1520. The van der Waals surface area contributed by atoms with Crippen LogP contribution in [0.2, 0.25) is 10.0 Å². The van der Waals surface area contributed by atoms with Crippen LogP contribution in [0.3, 0.4) is 0 Å². The van der Waals surface area contributed by atoms with E-state index in [0.717, 1.165) is 0 Å². The average molecular weight is 562 g/mol. The van der Waals surface area contributed by atoms with Gasteiger partial charge in [-0.1, -0.05) is 23.2 Å². The molecule has 0 saturated carbocycles.